The smallest absolute Gasteiger partial charge is 0.266 e. The first-order valence-electron chi connectivity index (χ1n) is 12.2. The van der Waals surface area contributed by atoms with Crippen molar-refractivity contribution in [2.24, 2.45) is 16.6 Å². The third-order valence-corrected chi connectivity index (χ3v) is 7.14. The van der Waals surface area contributed by atoms with E-state index in [1.165, 1.54) is 17.0 Å². The van der Waals surface area contributed by atoms with E-state index >= 15 is 0 Å². The Bertz CT molecular complexity index is 1310. The summed E-state index contributed by atoms with van der Waals surface area (Å²) in [4.78, 5) is 39.1. The van der Waals surface area contributed by atoms with E-state index in [4.69, 9.17) is 11.5 Å². The largest absolute Gasteiger partial charge is 0.508 e. The quantitative estimate of drug-likeness (QED) is 0.0741. The van der Waals surface area contributed by atoms with Gasteiger partial charge in [-0.1, -0.05) is 68.3 Å². The Labute approximate surface area is 247 Å². The van der Waals surface area contributed by atoms with E-state index in [1.54, 1.807) is 12.1 Å². The van der Waals surface area contributed by atoms with Crippen LogP contribution in [0.2, 0.25) is 0 Å². The minimum atomic E-state index is -1.01. The molecule has 0 unspecified atom stereocenters. The number of hydrogen-bond acceptors (Lipinski definition) is 5. The Morgan fingerprint density at radius 1 is 0.950 bits per heavy atom. The van der Waals surface area contributed by atoms with Crippen molar-refractivity contribution in [1.29, 1.82) is 0 Å². The molecule has 0 spiro atoms. The lowest BCUT2D eigenvalue weighted by Crippen LogP contribution is -2.49. The van der Waals surface area contributed by atoms with E-state index in [9.17, 15) is 24.8 Å². The van der Waals surface area contributed by atoms with Crippen LogP contribution in [0.25, 0.3) is 0 Å². The minimum Gasteiger partial charge on any atom is -0.508 e. The molecule has 210 valence electrons. The van der Waals surface area contributed by atoms with Crippen LogP contribution in [0, 0.1) is 10.1 Å². The van der Waals surface area contributed by atoms with Crippen molar-refractivity contribution in [1.82, 2.24) is 10.2 Å². The predicted molar refractivity (Wildman–Crippen MR) is 158 cm³/mol. The molecule has 0 saturated carbocycles. The topological polar surface area (TPSA) is 177 Å². The number of hydrogen-bond donors (Lipinski definition) is 4. The second-order valence-electron chi connectivity index (χ2n) is 8.88. The standard InChI is InChI=1S/C27H28Br2N6O5/c28-20-9-5-18(6-10-20)24(19-7-11-21(29)12-8-19)26(38)34(16-17-3-13-22(36)14-4-17)23(25(30)37)2-1-15-32-27(31)33-35(39)40/h3-14,23-24,36H,1-2,15-16H2,(H2,30,37)(H3,31,32,33)/t23-/m1/s1. The number of carbonyl (C=O) groups excluding carboxylic acids is 2. The molecule has 0 aliphatic rings. The lowest BCUT2D eigenvalue weighted by Gasteiger charge is -2.33. The third-order valence-electron chi connectivity index (χ3n) is 6.08. The first-order chi connectivity index (χ1) is 19.0. The Balaban J connectivity index is 1.99. The van der Waals surface area contributed by atoms with Gasteiger partial charge in [0.05, 0.1) is 5.92 Å². The normalized spacial score (nSPS) is 12.1. The summed E-state index contributed by atoms with van der Waals surface area (Å²) >= 11 is 6.87. The van der Waals surface area contributed by atoms with Gasteiger partial charge in [0.25, 0.3) is 5.96 Å². The van der Waals surface area contributed by atoms with Gasteiger partial charge in [-0.3, -0.25) is 9.59 Å². The van der Waals surface area contributed by atoms with Gasteiger partial charge in [-0.2, -0.15) is 0 Å². The number of hydrazone groups is 1. The second-order valence-corrected chi connectivity index (χ2v) is 10.7. The molecule has 0 heterocycles. The molecular formula is C27H28Br2N6O5. The highest BCUT2D eigenvalue weighted by Gasteiger charge is 2.34. The molecule has 0 fully saturated rings. The Morgan fingerprint density at radius 2 is 1.48 bits per heavy atom. The number of rotatable bonds is 12. The average molecular weight is 676 g/mol. The van der Waals surface area contributed by atoms with Crippen LogP contribution >= 0.6 is 31.9 Å². The number of phenolic OH excluding ortho intramolecular Hbond substituents is 1. The molecular weight excluding hydrogens is 648 g/mol. The number of guanidine groups is 1. The number of nitrogens with two attached hydrogens (primary N) is 2. The second kappa shape index (κ2) is 14.4. The van der Waals surface area contributed by atoms with Crippen LogP contribution in [0.4, 0.5) is 0 Å². The molecule has 1 atom stereocenters. The van der Waals surface area contributed by atoms with Gasteiger partial charge in [0, 0.05) is 22.0 Å². The van der Waals surface area contributed by atoms with Crippen molar-refractivity contribution < 1.29 is 19.7 Å². The van der Waals surface area contributed by atoms with E-state index < -0.39 is 22.9 Å². The summed E-state index contributed by atoms with van der Waals surface area (Å²) in [6, 6.07) is 20.0. The molecule has 3 aromatic carbocycles. The molecule has 2 amide bonds. The van der Waals surface area contributed by atoms with Crippen molar-refractivity contribution in [3.05, 3.63) is 109 Å². The molecule has 0 aromatic heterocycles. The Hall–Kier alpha value is -3.97. The fourth-order valence-corrected chi connectivity index (χ4v) is 4.71. The number of aromatic hydroxyl groups is 1. The number of nitrogens with zero attached hydrogens (tertiary/aromatic N) is 3. The van der Waals surface area contributed by atoms with Gasteiger partial charge in [0.15, 0.2) is 5.03 Å². The molecule has 0 bridgehead atoms. The number of benzene rings is 3. The first-order valence-corrected chi connectivity index (χ1v) is 13.7. The SMILES string of the molecule is NC(=O)[C@@H](CCCNC(N)=N[N+](=O)[O-])N(Cc1ccc(O)cc1)C(=O)C(c1ccc(Br)cc1)c1ccc(Br)cc1. The van der Waals surface area contributed by atoms with Crippen LogP contribution < -0.4 is 16.8 Å². The minimum absolute atomic E-state index is 0.0502. The number of nitrogens with one attached hydrogen (secondary N) is 1. The van der Waals surface area contributed by atoms with Gasteiger partial charge in [0.2, 0.25) is 11.8 Å². The molecule has 0 aliphatic heterocycles. The molecule has 11 nitrogen and oxygen atoms in total. The monoisotopic (exact) mass is 674 g/mol. The van der Waals surface area contributed by atoms with Crippen molar-refractivity contribution >= 4 is 49.6 Å². The average Bonchev–Trinajstić information content (AvgIpc) is 2.90. The number of nitro groups is 1. The highest BCUT2D eigenvalue weighted by molar-refractivity contribution is 9.10. The van der Waals surface area contributed by atoms with Crippen LogP contribution in [-0.2, 0) is 16.1 Å². The fourth-order valence-electron chi connectivity index (χ4n) is 4.18. The number of amides is 2. The maximum atomic E-state index is 14.4. The first kappa shape index (κ1) is 30.6. The summed E-state index contributed by atoms with van der Waals surface area (Å²) in [6.45, 7) is 0.214. The number of halogens is 2. The predicted octanol–water partition coefficient (Wildman–Crippen LogP) is 3.81. The summed E-state index contributed by atoms with van der Waals surface area (Å²) in [5, 5.41) is 24.9. The van der Waals surface area contributed by atoms with E-state index in [-0.39, 0.29) is 37.1 Å². The zero-order valence-electron chi connectivity index (χ0n) is 21.2. The van der Waals surface area contributed by atoms with E-state index in [0.717, 1.165) is 20.1 Å². The van der Waals surface area contributed by atoms with Crippen LogP contribution in [0.1, 0.15) is 35.4 Å². The van der Waals surface area contributed by atoms with Crippen LogP contribution in [-0.4, -0.2) is 45.4 Å². The van der Waals surface area contributed by atoms with Gasteiger partial charge in [-0.25, -0.2) is 10.1 Å². The van der Waals surface area contributed by atoms with Gasteiger partial charge in [0.1, 0.15) is 16.9 Å². The molecule has 0 aliphatic carbocycles. The zero-order valence-corrected chi connectivity index (χ0v) is 24.4. The maximum Gasteiger partial charge on any atom is 0.266 e. The summed E-state index contributed by atoms with van der Waals surface area (Å²) in [6.07, 6.45) is 0.466. The maximum absolute atomic E-state index is 14.4. The van der Waals surface area contributed by atoms with Crippen molar-refractivity contribution in [2.45, 2.75) is 31.3 Å². The number of carbonyl (C=O) groups is 2. The molecule has 3 rings (SSSR count). The van der Waals surface area contributed by atoms with E-state index in [1.807, 2.05) is 48.5 Å². The summed E-state index contributed by atoms with van der Waals surface area (Å²) in [5.74, 6) is -2.10. The summed E-state index contributed by atoms with van der Waals surface area (Å²) < 4.78 is 1.70. The van der Waals surface area contributed by atoms with Crippen molar-refractivity contribution in [3.63, 3.8) is 0 Å². The lowest BCUT2D eigenvalue weighted by molar-refractivity contribution is -0.485. The lowest BCUT2D eigenvalue weighted by atomic mass is 9.89. The zero-order chi connectivity index (χ0) is 29.2. The molecule has 0 saturated heterocycles. The molecule has 3 aromatic rings. The molecule has 0 radical (unpaired) electrons. The van der Waals surface area contributed by atoms with Crippen molar-refractivity contribution in [3.8, 4) is 5.75 Å². The Kier molecular flexibility index (Phi) is 11.0. The van der Waals surface area contributed by atoms with Gasteiger partial charge in [-0.05, 0) is 65.9 Å². The van der Waals surface area contributed by atoms with Crippen molar-refractivity contribution in [2.75, 3.05) is 6.54 Å². The third kappa shape index (κ3) is 8.78. The van der Waals surface area contributed by atoms with Gasteiger partial charge >= 0.3 is 0 Å². The highest BCUT2D eigenvalue weighted by Crippen LogP contribution is 2.31. The van der Waals surface area contributed by atoms with Crippen LogP contribution in [0.5, 0.6) is 5.75 Å². The number of phenols is 1. The summed E-state index contributed by atoms with van der Waals surface area (Å²) in [7, 11) is 0. The fraction of sp³-hybridized carbons (Fsp3) is 0.222. The Morgan fingerprint density at radius 3 is 1.95 bits per heavy atom. The van der Waals surface area contributed by atoms with E-state index in [0.29, 0.717) is 12.0 Å². The van der Waals surface area contributed by atoms with Gasteiger partial charge in [-0.15, -0.1) is 0 Å². The van der Waals surface area contributed by atoms with Crippen LogP contribution in [0.3, 0.4) is 0 Å². The van der Waals surface area contributed by atoms with E-state index in [2.05, 4.69) is 42.3 Å². The summed E-state index contributed by atoms with van der Waals surface area (Å²) in [5.41, 5.74) is 13.4. The molecule has 13 heteroatoms. The highest BCUT2D eigenvalue weighted by atomic mass is 79.9. The number of primary amides is 1. The van der Waals surface area contributed by atoms with Gasteiger partial charge < -0.3 is 26.8 Å². The molecule has 6 N–H and O–H groups in total. The molecule has 40 heavy (non-hydrogen) atoms. The van der Waals surface area contributed by atoms with Crippen LogP contribution in [0.15, 0.2) is 86.8 Å².